The van der Waals surface area contributed by atoms with Crippen molar-refractivity contribution in [3.63, 3.8) is 0 Å². The van der Waals surface area contributed by atoms with Crippen molar-refractivity contribution in [1.82, 2.24) is 5.32 Å². The third-order valence-corrected chi connectivity index (χ3v) is 3.18. The van der Waals surface area contributed by atoms with Gasteiger partial charge in [-0.25, -0.2) is 4.79 Å². The highest BCUT2D eigenvalue weighted by Gasteiger charge is 2.23. The Hall–Kier alpha value is -1.55. The lowest BCUT2D eigenvalue weighted by Crippen LogP contribution is -2.42. The molecule has 1 amide bonds. The monoisotopic (exact) mass is 297 g/mol. The zero-order valence-electron chi connectivity index (χ0n) is 12.2. The standard InChI is InChI=1S/C15H20ClNO3/c1-9(2)7-13(15(19)20-4)17-14(18)11-6-5-10(3)8-12(11)16/h5-6,8-9,13H,7H2,1-4H3,(H,17,18). The summed E-state index contributed by atoms with van der Waals surface area (Å²) in [6.45, 7) is 5.84. The van der Waals surface area contributed by atoms with Crippen molar-refractivity contribution in [2.75, 3.05) is 7.11 Å². The Balaban J connectivity index is 2.87. The highest BCUT2D eigenvalue weighted by Crippen LogP contribution is 2.18. The van der Waals surface area contributed by atoms with Crippen molar-refractivity contribution in [2.45, 2.75) is 33.2 Å². The minimum absolute atomic E-state index is 0.257. The summed E-state index contributed by atoms with van der Waals surface area (Å²) < 4.78 is 4.71. The van der Waals surface area contributed by atoms with E-state index in [0.29, 0.717) is 17.0 Å². The molecular formula is C15H20ClNO3. The van der Waals surface area contributed by atoms with E-state index < -0.39 is 12.0 Å². The summed E-state index contributed by atoms with van der Waals surface area (Å²) in [4.78, 5) is 23.9. The number of hydrogen-bond donors (Lipinski definition) is 1. The van der Waals surface area contributed by atoms with E-state index >= 15 is 0 Å². The number of ether oxygens (including phenoxy) is 1. The molecule has 1 atom stereocenters. The first-order chi connectivity index (χ1) is 9.35. The van der Waals surface area contributed by atoms with E-state index in [4.69, 9.17) is 16.3 Å². The van der Waals surface area contributed by atoms with E-state index in [2.05, 4.69) is 5.32 Å². The van der Waals surface area contributed by atoms with E-state index in [1.165, 1.54) is 7.11 Å². The largest absolute Gasteiger partial charge is 0.467 e. The van der Waals surface area contributed by atoms with Gasteiger partial charge < -0.3 is 10.1 Å². The van der Waals surface area contributed by atoms with Gasteiger partial charge in [0.05, 0.1) is 17.7 Å². The van der Waals surface area contributed by atoms with Gasteiger partial charge in [-0.05, 0) is 37.0 Å². The number of nitrogens with one attached hydrogen (secondary N) is 1. The zero-order valence-corrected chi connectivity index (χ0v) is 13.0. The molecular weight excluding hydrogens is 278 g/mol. The average molecular weight is 298 g/mol. The topological polar surface area (TPSA) is 55.4 Å². The molecule has 1 aromatic carbocycles. The summed E-state index contributed by atoms with van der Waals surface area (Å²) >= 11 is 6.05. The second-order valence-electron chi connectivity index (χ2n) is 5.16. The van der Waals surface area contributed by atoms with Crippen LogP contribution >= 0.6 is 11.6 Å². The van der Waals surface area contributed by atoms with Gasteiger partial charge in [-0.15, -0.1) is 0 Å². The minimum atomic E-state index is -0.662. The highest BCUT2D eigenvalue weighted by atomic mass is 35.5. The summed E-state index contributed by atoms with van der Waals surface area (Å²) in [6, 6.07) is 4.50. The van der Waals surface area contributed by atoms with Crippen LogP contribution in [0.25, 0.3) is 0 Å². The normalized spacial score (nSPS) is 12.1. The van der Waals surface area contributed by atoms with Crippen LogP contribution in [0, 0.1) is 12.8 Å². The van der Waals surface area contributed by atoms with Gasteiger partial charge in [-0.2, -0.15) is 0 Å². The van der Waals surface area contributed by atoms with Gasteiger partial charge >= 0.3 is 5.97 Å². The molecule has 0 aromatic heterocycles. The predicted molar refractivity (Wildman–Crippen MR) is 78.9 cm³/mol. The molecule has 4 nitrogen and oxygen atoms in total. The quantitative estimate of drug-likeness (QED) is 0.850. The lowest BCUT2D eigenvalue weighted by atomic mass is 10.0. The highest BCUT2D eigenvalue weighted by molar-refractivity contribution is 6.33. The molecule has 1 rings (SSSR count). The Morgan fingerprint density at radius 2 is 2.00 bits per heavy atom. The van der Waals surface area contributed by atoms with Crippen molar-refractivity contribution < 1.29 is 14.3 Å². The van der Waals surface area contributed by atoms with E-state index in [1.54, 1.807) is 18.2 Å². The lowest BCUT2D eigenvalue weighted by molar-refractivity contribution is -0.143. The third kappa shape index (κ3) is 4.53. The van der Waals surface area contributed by atoms with Gasteiger partial charge in [0.2, 0.25) is 0 Å². The fourth-order valence-electron chi connectivity index (χ4n) is 1.87. The maximum absolute atomic E-state index is 12.2. The van der Waals surface area contributed by atoms with E-state index in [-0.39, 0.29) is 11.8 Å². The number of carbonyl (C=O) groups excluding carboxylic acids is 2. The second kappa shape index (κ2) is 7.29. The van der Waals surface area contributed by atoms with Gasteiger partial charge in [0, 0.05) is 0 Å². The van der Waals surface area contributed by atoms with Crippen LogP contribution in [-0.2, 0) is 9.53 Å². The SMILES string of the molecule is COC(=O)C(CC(C)C)NC(=O)c1ccc(C)cc1Cl. The maximum atomic E-state index is 12.2. The number of benzene rings is 1. The van der Waals surface area contributed by atoms with E-state index in [0.717, 1.165) is 5.56 Å². The number of carbonyl (C=O) groups is 2. The van der Waals surface area contributed by atoms with Crippen LogP contribution in [-0.4, -0.2) is 25.0 Å². The van der Waals surface area contributed by atoms with Crippen LogP contribution in [0.4, 0.5) is 0 Å². The molecule has 0 spiro atoms. The van der Waals surface area contributed by atoms with Gasteiger partial charge in [-0.1, -0.05) is 31.5 Å². The Labute approximate surface area is 124 Å². The first-order valence-corrected chi connectivity index (χ1v) is 6.87. The molecule has 110 valence electrons. The first-order valence-electron chi connectivity index (χ1n) is 6.50. The molecule has 1 aromatic rings. The molecule has 1 unspecified atom stereocenters. The van der Waals surface area contributed by atoms with Gasteiger partial charge in [0.15, 0.2) is 0 Å². The number of methoxy groups -OCH3 is 1. The van der Waals surface area contributed by atoms with Crippen molar-refractivity contribution in [3.05, 3.63) is 34.3 Å². The molecule has 0 aliphatic heterocycles. The molecule has 0 aliphatic carbocycles. The van der Waals surface area contributed by atoms with E-state index in [1.807, 2.05) is 20.8 Å². The fourth-order valence-corrected chi connectivity index (χ4v) is 2.19. The zero-order chi connectivity index (χ0) is 15.3. The Morgan fingerprint density at radius 3 is 2.50 bits per heavy atom. The van der Waals surface area contributed by atoms with Crippen molar-refractivity contribution in [1.29, 1.82) is 0 Å². The summed E-state index contributed by atoms with van der Waals surface area (Å²) in [5.74, 6) is -0.561. The summed E-state index contributed by atoms with van der Waals surface area (Å²) in [7, 11) is 1.31. The average Bonchev–Trinajstić information content (AvgIpc) is 2.36. The molecule has 0 saturated carbocycles. The predicted octanol–water partition coefficient (Wildman–Crippen LogP) is 2.97. The number of aryl methyl sites for hydroxylation is 1. The Morgan fingerprint density at radius 1 is 1.35 bits per heavy atom. The maximum Gasteiger partial charge on any atom is 0.328 e. The number of rotatable bonds is 5. The minimum Gasteiger partial charge on any atom is -0.467 e. The Kier molecular flexibility index (Phi) is 6.02. The molecule has 1 N–H and O–H groups in total. The molecule has 0 bridgehead atoms. The number of hydrogen-bond acceptors (Lipinski definition) is 3. The lowest BCUT2D eigenvalue weighted by Gasteiger charge is -2.18. The molecule has 0 aliphatic rings. The van der Waals surface area contributed by atoms with Crippen LogP contribution in [0.1, 0.15) is 36.2 Å². The van der Waals surface area contributed by atoms with Crippen molar-refractivity contribution >= 4 is 23.5 Å². The number of amides is 1. The molecule has 0 fully saturated rings. The summed E-state index contributed by atoms with van der Waals surface area (Å²) in [6.07, 6.45) is 0.516. The van der Waals surface area contributed by atoms with Gasteiger partial charge in [-0.3, -0.25) is 4.79 Å². The molecule has 20 heavy (non-hydrogen) atoms. The van der Waals surface area contributed by atoms with Crippen LogP contribution in [0.3, 0.4) is 0 Å². The third-order valence-electron chi connectivity index (χ3n) is 2.87. The molecule has 0 radical (unpaired) electrons. The number of esters is 1. The van der Waals surface area contributed by atoms with Gasteiger partial charge in [0.25, 0.3) is 5.91 Å². The van der Waals surface area contributed by atoms with Crippen LogP contribution in [0.2, 0.25) is 5.02 Å². The molecule has 0 heterocycles. The van der Waals surface area contributed by atoms with Crippen LogP contribution in [0.15, 0.2) is 18.2 Å². The van der Waals surface area contributed by atoms with Crippen LogP contribution < -0.4 is 5.32 Å². The first kappa shape index (κ1) is 16.5. The molecule has 0 saturated heterocycles. The second-order valence-corrected chi connectivity index (χ2v) is 5.57. The fraction of sp³-hybridized carbons (Fsp3) is 0.467. The molecule has 5 heteroatoms. The van der Waals surface area contributed by atoms with Crippen LogP contribution in [0.5, 0.6) is 0 Å². The smallest absolute Gasteiger partial charge is 0.328 e. The number of halogens is 1. The Bertz CT molecular complexity index is 500. The van der Waals surface area contributed by atoms with Crippen molar-refractivity contribution in [3.8, 4) is 0 Å². The summed E-state index contributed by atoms with van der Waals surface area (Å²) in [5.41, 5.74) is 1.33. The van der Waals surface area contributed by atoms with E-state index in [9.17, 15) is 9.59 Å². The summed E-state index contributed by atoms with van der Waals surface area (Å²) in [5, 5.41) is 3.05. The van der Waals surface area contributed by atoms with Crippen molar-refractivity contribution in [2.24, 2.45) is 5.92 Å². The van der Waals surface area contributed by atoms with Gasteiger partial charge in [0.1, 0.15) is 6.04 Å².